The maximum Gasteiger partial charge on any atom is 0.355 e. The van der Waals surface area contributed by atoms with E-state index in [1.807, 2.05) is 0 Å². The first-order valence-corrected chi connectivity index (χ1v) is 8.97. The maximum atomic E-state index is 12.3. The van der Waals surface area contributed by atoms with Crippen LogP contribution in [-0.4, -0.2) is 25.7 Å². The van der Waals surface area contributed by atoms with Crippen molar-refractivity contribution in [3.8, 4) is 0 Å². The number of amides is 1. The smallest absolute Gasteiger partial charge is 0.334 e. The number of nitro groups is 2. The minimum absolute atomic E-state index is 0.0997. The zero-order chi connectivity index (χ0) is 22.5. The van der Waals surface area contributed by atoms with E-state index in [9.17, 15) is 25.0 Å². The number of aryl methyl sites for hydroxylation is 1. The van der Waals surface area contributed by atoms with Gasteiger partial charge in [-0.1, -0.05) is 17.7 Å². The summed E-state index contributed by atoms with van der Waals surface area (Å²) in [5, 5.41) is 25.6. The van der Waals surface area contributed by atoms with Crippen LogP contribution >= 0.6 is 11.6 Å². The Hall–Kier alpha value is -4.32. The van der Waals surface area contributed by atoms with Crippen LogP contribution in [0.15, 0.2) is 48.8 Å². The molecule has 0 unspecified atom stereocenters. The van der Waals surface area contributed by atoms with Crippen molar-refractivity contribution < 1.29 is 14.6 Å². The highest BCUT2D eigenvalue weighted by Crippen LogP contribution is 2.32. The van der Waals surface area contributed by atoms with Gasteiger partial charge < -0.3 is 5.32 Å². The number of non-ortho nitro benzene ring substituents is 1. The molecular formula is C18H14ClN7O5. The first kappa shape index (κ1) is 21.4. The number of aromatic nitrogens is 2. The molecule has 1 amide bonds. The van der Waals surface area contributed by atoms with Gasteiger partial charge in [0, 0.05) is 28.4 Å². The molecular weight excluding hydrogens is 430 g/mol. The predicted octanol–water partition coefficient (Wildman–Crippen LogP) is 3.76. The number of nitrogens with one attached hydrogen (secondary N) is 3. The second-order valence-corrected chi connectivity index (χ2v) is 6.58. The van der Waals surface area contributed by atoms with E-state index in [0.29, 0.717) is 10.7 Å². The van der Waals surface area contributed by atoms with Gasteiger partial charge >= 0.3 is 5.69 Å². The topological polar surface area (TPSA) is 165 Å². The lowest BCUT2D eigenvalue weighted by Gasteiger charge is -2.12. The molecule has 2 aromatic carbocycles. The molecule has 12 nitrogen and oxygen atoms in total. The van der Waals surface area contributed by atoms with Gasteiger partial charge in [0.25, 0.3) is 11.6 Å². The number of hydrogen-bond acceptors (Lipinski definition) is 9. The van der Waals surface area contributed by atoms with E-state index in [0.717, 1.165) is 24.0 Å². The number of carbonyl (C=O) groups is 1. The van der Waals surface area contributed by atoms with Crippen molar-refractivity contribution >= 4 is 46.2 Å². The lowest BCUT2D eigenvalue weighted by atomic mass is 10.2. The number of nitrogens with zero attached hydrogens (tertiary/aromatic N) is 4. The molecule has 0 aliphatic heterocycles. The fourth-order valence-electron chi connectivity index (χ4n) is 2.51. The average molecular weight is 444 g/mol. The van der Waals surface area contributed by atoms with Gasteiger partial charge in [-0.3, -0.25) is 35.9 Å². The lowest BCUT2D eigenvalue weighted by molar-refractivity contribution is -0.384. The van der Waals surface area contributed by atoms with Crippen LogP contribution in [0.5, 0.6) is 0 Å². The Morgan fingerprint density at radius 1 is 1.00 bits per heavy atom. The number of rotatable bonds is 7. The van der Waals surface area contributed by atoms with E-state index in [2.05, 4.69) is 26.1 Å². The molecule has 3 rings (SSSR count). The Kier molecular flexibility index (Phi) is 6.21. The maximum absolute atomic E-state index is 12.3. The molecule has 3 N–H and O–H groups in total. The number of nitro benzene ring substituents is 1. The summed E-state index contributed by atoms with van der Waals surface area (Å²) in [6.07, 6.45) is 1.08. The largest absolute Gasteiger partial charge is 0.355 e. The molecule has 0 radical (unpaired) electrons. The quantitative estimate of drug-likeness (QED) is 0.364. The van der Waals surface area contributed by atoms with Crippen LogP contribution in [0.3, 0.4) is 0 Å². The summed E-state index contributed by atoms with van der Waals surface area (Å²) in [6.45, 7) is 1.79. The molecule has 0 atom stereocenters. The predicted molar refractivity (Wildman–Crippen MR) is 112 cm³/mol. The van der Waals surface area contributed by atoms with Gasteiger partial charge in [0.2, 0.25) is 11.6 Å². The van der Waals surface area contributed by atoms with Crippen molar-refractivity contribution in [3.05, 3.63) is 85.2 Å². The number of carbonyl (C=O) groups excluding carboxylic acids is 1. The van der Waals surface area contributed by atoms with Gasteiger partial charge in [-0.25, -0.2) is 9.97 Å². The minimum Gasteiger partial charge on any atom is -0.334 e. The number of anilines is 3. The Bertz CT molecular complexity index is 1170. The van der Waals surface area contributed by atoms with Gasteiger partial charge in [0.05, 0.1) is 9.85 Å². The van der Waals surface area contributed by atoms with Crippen molar-refractivity contribution in [1.82, 2.24) is 15.4 Å². The third-order valence-corrected chi connectivity index (χ3v) is 4.33. The first-order chi connectivity index (χ1) is 14.8. The minimum atomic E-state index is -0.706. The molecule has 1 aromatic heterocycles. The Labute approximate surface area is 179 Å². The molecule has 0 fully saturated rings. The van der Waals surface area contributed by atoms with E-state index in [1.165, 1.54) is 12.1 Å². The van der Waals surface area contributed by atoms with Crippen LogP contribution in [0.25, 0.3) is 0 Å². The monoisotopic (exact) mass is 443 g/mol. The van der Waals surface area contributed by atoms with Gasteiger partial charge in [0.1, 0.15) is 6.33 Å². The Morgan fingerprint density at radius 3 is 2.32 bits per heavy atom. The van der Waals surface area contributed by atoms with E-state index < -0.39 is 21.4 Å². The summed E-state index contributed by atoms with van der Waals surface area (Å²) in [6, 6.07) is 9.83. The fraction of sp³-hybridized carbons (Fsp3) is 0.0556. The molecule has 1 heterocycles. The molecule has 13 heteroatoms. The summed E-state index contributed by atoms with van der Waals surface area (Å²) >= 11 is 5.98. The van der Waals surface area contributed by atoms with Gasteiger partial charge in [-0.05, 0) is 36.8 Å². The van der Waals surface area contributed by atoms with E-state index in [4.69, 9.17) is 11.6 Å². The zero-order valence-corrected chi connectivity index (χ0v) is 16.6. The van der Waals surface area contributed by atoms with Crippen molar-refractivity contribution in [3.63, 3.8) is 0 Å². The number of halogens is 1. The van der Waals surface area contributed by atoms with Crippen LogP contribution in [0.4, 0.5) is 28.7 Å². The standard InChI is InChI=1S/C18H14ClN7O5/c1-10-2-5-12(19)8-14(10)22-16-15(26(30)31)17(21-9-20-16)23-24-18(27)11-3-6-13(7-4-11)25(28)29/h2-9H,1H3,(H,24,27)(H2,20,21,22,23). The number of hydrazine groups is 1. The van der Waals surface area contributed by atoms with Gasteiger partial charge in [-0.2, -0.15) is 0 Å². The summed E-state index contributed by atoms with van der Waals surface area (Å²) < 4.78 is 0. The van der Waals surface area contributed by atoms with Gasteiger partial charge in [0.15, 0.2) is 0 Å². The second-order valence-electron chi connectivity index (χ2n) is 6.14. The summed E-state index contributed by atoms with van der Waals surface area (Å²) in [4.78, 5) is 41.0. The summed E-state index contributed by atoms with van der Waals surface area (Å²) in [5.41, 5.74) is 5.36. The summed E-state index contributed by atoms with van der Waals surface area (Å²) in [5.74, 6) is -1.06. The van der Waals surface area contributed by atoms with Crippen LogP contribution < -0.4 is 16.2 Å². The zero-order valence-electron chi connectivity index (χ0n) is 15.8. The van der Waals surface area contributed by atoms with Crippen molar-refractivity contribution in [2.75, 3.05) is 10.7 Å². The van der Waals surface area contributed by atoms with Crippen molar-refractivity contribution in [2.45, 2.75) is 6.92 Å². The van der Waals surface area contributed by atoms with Crippen molar-refractivity contribution in [2.24, 2.45) is 0 Å². The fourth-order valence-corrected chi connectivity index (χ4v) is 2.69. The Morgan fingerprint density at radius 2 is 1.68 bits per heavy atom. The molecule has 0 saturated heterocycles. The van der Waals surface area contributed by atoms with Crippen molar-refractivity contribution in [1.29, 1.82) is 0 Å². The molecule has 158 valence electrons. The molecule has 0 bridgehead atoms. The second kappa shape index (κ2) is 9.00. The highest BCUT2D eigenvalue weighted by atomic mass is 35.5. The molecule has 0 spiro atoms. The number of benzene rings is 2. The van der Waals surface area contributed by atoms with E-state index >= 15 is 0 Å². The highest BCUT2D eigenvalue weighted by molar-refractivity contribution is 6.30. The van der Waals surface area contributed by atoms with E-state index in [-0.39, 0.29) is 22.9 Å². The Balaban J connectivity index is 1.82. The third kappa shape index (κ3) is 5.00. The van der Waals surface area contributed by atoms with Crippen LogP contribution in [0, 0.1) is 27.2 Å². The van der Waals surface area contributed by atoms with Crippen LogP contribution in [0.2, 0.25) is 5.02 Å². The highest BCUT2D eigenvalue weighted by Gasteiger charge is 2.24. The molecule has 3 aromatic rings. The molecule has 0 aliphatic carbocycles. The SMILES string of the molecule is Cc1ccc(Cl)cc1Nc1ncnc(NNC(=O)c2ccc([N+](=O)[O-])cc2)c1[N+](=O)[O-]. The van der Waals surface area contributed by atoms with Crippen LogP contribution in [0.1, 0.15) is 15.9 Å². The number of hydrogen-bond donors (Lipinski definition) is 3. The average Bonchev–Trinajstić information content (AvgIpc) is 2.74. The third-order valence-electron chi connectivity index (χ3n) is 4.09. The van der Waals surface area contributed by atoms with Gasteiger partial charge in [-0.15, -0.1) is 0 Å². The van der Waals surface area contributed by atoms with E-state index in [1.54, 1.807) is 25.1 Å². The van der Waals surface area contributed by atoms with Crippen LogP contribution in [-0.2, 0) is 0 Å². The molecule has 0 aliphatic rings. The molecule has 31 heavy (non-hydrogen) atoms. The first-order valence-electron chi connectivity index (χ1n) is 8.59. The lowest BCUT2D eigenvalue weighted by Crippen LogP contribution is -2.30. The molecule has 0 saturated carbocycles. The normalized spacial score (nSPS) is 10.3. The summed E-state index contributed by atoms with van der Waals surface area (Å²) in [7, 11) is 0.